The van der Waals surface area contributed by atoms with Gasteiger partial charge in [0.25, 0.3) is 11.8 Å². The first kappa shape index (κ1) is 29.0. The highest BCUT2D eigenvalue weighted by Crippen LogP contribution is 2.65. The van der Waals surface area contributed by atoms with E-state index in [1.165, 1.54) is 0 Å². The molecule has 4 saturated carbocycles. The Morgan fingerprint density at radius 1 is 1.00 bits per heavy atom. The Morgan fingerprint density at radius 2 is 1.71 bits per heavy atom. The number of oxime groups is 1. The number of azide groups is 1. The van der Waals surface area contributed by atoms with Crippen LogP contribution in [0, 0.1) is 57.8 Å². The summed E-state index contributed by atoms with van der Waals surface area (Å²) >= 11 is 0. The van der Waals surface area contributed by atoms with Gasteiger partial charge in [0, 0.05) is 16.7 Å². The number of halogens is 4. The first-order valence-electron chi connectivity index (χ1n) is 13.9. The van der Waals surface area contributed by atoms with Crippen molar-refractivity contribution in [1.82, 2.24) is 5.32 Å². The largest absolute Gasteiger partial charge is 0.386 e. The molecule has 0 unspecified atom stereocenters. The lowest BCUT2D eigenvalue weighted by atomic mass is 9.45. The third-order valence-electron chi connectivity index (χ3n) is 10.5. The van der Waals surface area contributed by atoms with Crippen molar-refractivity contribution in [3.63, 3.8) is 0 Å². The molecule has 220 valence electrons. The van der Waals surface area contributed by atoms with Gasteiger partial charge in [-0.25, -0.2) is 17.6 Å². The molecule has 4 aliphatic carbocycles. The number of nitrogens with one attached hydrogen (secondary N) is 1. The summed E-state index contributed by atoms with van der Waals surface area (Å²) in [4.78, 5) is 44.2. The molecule has 0 bridgehead atoms. The van der Waals surface area contributed by atoms with Crippen molar-refractivity contribution < 1.29 is 36.8 Å². The highest BCUT2D eigenvalue weighted by Gasteiger charge is 2.60. The number of hydrogen-bond acceptors (Lipinski definition) is 6. The second-order valence-electron chi connectivity index (χ2n) is 12.3. The lowest BCUT2D eigenvalue weighted by molar-refractivity contribution is -0.137. The summed E-state index contributed by atoms with van der Waals surface area (Å²) in [7, 11) is 0. The van der Waals surface area contributed by atoms with Crippen LogP contribution in [0.5, 0.6) is 0 Å². The number of imide groups is 1. The van der Waals surface area contributed by atoms with Crippen molar-refractivity contribution in [1.29, 1.82) is 0 Å². The van der Waals surface area contributed by atoms with E-state index in [0.29, 0.717) is 48.7 Å². The first-order valence-corrected chi connectivity index (χ1v) is 13.9. The van der Waals surface area contributed by atoms with E-state index in [1.54, 1.807) is 5.32 Å². The molecule has 4 fully saturated rings. The molecule has 1 N–H and O–H groups in total. The van der Waals surface area contributed by atoms with Crippen molar-refractivity contribution in [3.8, 4) is 0 Å². The smallest absolute Gasteiger partial charge is 0.267 e. The summed E-state index contributed by atoms with van der Waals surface area (Å²) in [5.74, 6) is -8.83. The maximum Gasteiger partial charge on any atom is 0.267 e. The molecule has 13 heteroatoms. The van der Waals surface area contributed by atoms with E-state index in [1.807, 2.05) is 0 Å². The number of carbonyl (C=O) groups excluding carboxylic acids is 3. The third-order valence-corrected chi connectivity index (χ3v) is 10.5. The van der Waals surface area contributed by atoms with Gasteiger partial charge in [0.15, 0.2) is 29.9 Å². The number of carbonyl (C=O) groups is 3. The maximum atomic E-state index is 14.2. The normalized spacial score (nSPS) is 33.3. The molecule has 9 nitrogen and oxygen atoms in total. The zero-order valence-electron chi connectivity index (χ0n) is 22.8. The van der Waals surface area contributed by atoms with Crippen LogP contribution in [0.2, 0.25) is 0 Å². The quantitative estimate of drug-likeness (QED) is 0.108. The van der Waals surface area contributed by atoms with Gasteiger partial charge < -0.3 is 4.84 Å². The fraction of sp³-hybridized carbons (Fsp3) is 0.643. The molecular formula is C28H31F4N5O4. The maximum absolute atomic E-state index is 14.2. The molecule has 41 heavy (non-hydrogen) atoms. The second-order valence-corrected chi connectivity index (χ2v) is 12.3. The van der Waals surface area contributed by atoms with Crippen LogP contribution >= 0.6 is 0 Å². The van der Waals surface area contributed by atoms with E-state index in [9.17, 15) is 31.9 Å². The Morgan fingerprint density at radius 3 is 2.39 bits per heavy atom. The number of Topliss-reactive ketones (excluding diaryl/α,β-unsaturated/α-hetero) is 1. The third kappa shape index (κ3) is 4.77. The van der Waals surface area contributed by atoms with Crippen LogP contribution in [0.3, 0.4) is 0 Å². The SMILES string of the molecule is C[C@]12CC/C(=N\OCC(=O)NC(=O)c3c(F)c(F)c(N=[N+]=[N-])c(F)c3F)C[C@@H]1CC[C@@H]1[C@@H]2CC[C@]2(C)C(=O)CC[C@@H]12. The molecule has 5 rings (SSSR count). The molecule has 0 heterocycles. The minimum atomic E-state index is -2.11. The highest BCUT2D eigenvalue weighted by atomic mass is 19.2. The van der Waals surface area contributed by atoms with E-state index >= 15 is 0 Å². The molecule has 6 atom stereocenters. The topological polar surface area (TPSA) is 134 Å². The Hall–Kier alpha value is -3.47. The fourth-order valence-electron chi connectivity index (χ4n) is 8.27. The molecule has 0 saturated heterocycles. The Bertz CT molecular complexity index is 1370. The Kier molecular flexibility index (Phi) is 7.61. The summed E-state index contributed by atoms with van der Waals surface area (Å²) in [5.41, 5.74) is 5.79. The Balaban J connectivity index is 1.18. The predicted molar refractivity (Wildman–Crippen MR) is 138 cm³/mol. The second kappa shape index (κ2) is 10.7. The van der Waals surface area contributed by atoms with Gasteiger partial charge in [0.2, 0.25) is 0 Å². The summed E-state index contributed by atoms with van der Waals surface area (Å²) in [6, 6.07) is 0. The highest BCUT2D eigenvalue weighted by molar-refractivity contribution is 6.05. The lowest BCUT2D eigenvalue weighted by Crippen LogP contribution is -2.53. The van der Waals surface area contributed by atoms with Crippen LogP contribution in [-0.2, 0) is 14.4 Å². The zero-order chi connectivity index (χ0) is 29.7. The predicted octanol–water partition coefficient (Wildman–Crippen LogP) is 6.43. The molecule has 0 radical (unpaired) electrons. The van der Waals surface area contributed by atoms with Crippen molar-refractivity contribution in [2.24, 2.45) is 44.8 Å². The van der Waals surface area contributed by atoms with Gasteiger partial charge in [-0.2, -0.15) is 0 Å². The number of hydrogen-bond donors (Lipinski definition) is 1. The van der Waals surface area contributed by atoms with Crippen molar-refractivity contribution in [3.05, 3.63) is 39.3 Å². The molecule has 2 amide bonds. The van der Waals surface area contributed by atoms with E-state index in [-0.39, 0.29) is 10.8 Å². The number of benzene rings is 1. The monoisotopic (exact) mass is 577 g/mol. The number of amides is 2. The van der Waals surface area contributed by atoms with Gasteiger partial charge in [0.1, 0.15) is 17.0 Å². The van der Waals surface area contributed by atoms with E-state index in [0.717, 1.165) is 44.2 Å². The fourth-order valence-corrected chi connectivity index (χ4v) is 8.27. The standard InChI is InChI=1S/C28H31F4N5O4/c1-27-9-7-14(11-13(27)3-4-15-16-5-6-18(38)28(16,2)10-8-17(15)27)36-41-12-19(39)34-26(40)20-21(29)23(31)25(35-37-33)24(32)22(20)30/h13,15-17H,3-12H2,1-2H3,(H,34,39,40)/b36-14+/t13-,15-,16-,17-,27-,28-/m0/s1. The summed E-state index contributed by atoms with van der Waals surface area (Å²) < 4.78 is 56.3. The number of ketones is 1. The van der Waals surface area contributed by atoms with Crippen molar-refractivity contribution in [2.75, 3.05) is 6.61 Å². The van der Waals surface area contributed by atoms with E-state index in [4.69, 9.17) is 10.4 Å². The van der Waals surface area contributed by atoms with Crippen LogP contribution in [0.1, 0.15) is 82.0 Å². The van der Waals surface area contributed by atoms with Gasteiger partial charge in [-0.1, -0.05) is 24.1 Å². The van der Waals surface area contributed by atoms with Gasteiger partial charge in [0.05, 0.1) is 5.71 Å². The molecular weight excluding hydrogens is 546 g/mol. The average Bonchev–Trinajstić information content (AvgIpc) is 3.24. The van der Waals surface area contributed by atoms with Crippen molar-refractivity contribution >= 4 is 29.0 Å². The number of rotatable bonds is 5. The molecule has 1 aromatic carbocycles. The lowest BCUT2D eigenvalue weighted by Gasteiger charge is -2.59. The summed E-state index contributed by atoms with van der Waals surface area (Å²) in [5, 5.41) is 8.25. The average molecular weight is 578 g/mol. The van der Waals surface area contributed by atoms with Crippen LogP contribution in [0.15, 0.2) is 10.3 Å². The van der Waals surface area contributed by atoms with Gasteiger partial charge >= 0.3 is 0 Å². The van der Waals surface area contributed by atoms with Crippen LogP contribution < -0.4 is 5.32 Å². The van der Waals surface area contributed by atoms with Gasteiger partial charge in [-0.3, -0.25) is 19.7 Å². The Labute approximate surface area is 233 Å². The van der Waals surface area contributed by atoms with Crippen LogP contribution in [-0.4, -0.2) is 29.9 Å². The molecule has 0 spiro atoms. The molecule has 0 aliphatic heterocycles. The van der Waals surface area contributed by atoms with E-state index in [2.05, 4.69) is 29.0 Å². The van der Waals surface area contributed by atoms with E-state index < -0.39 is 52.9 Å². The van der Waals surface area contributed by atoms with Crippen LogP contribution in [0.25, 0.3) is 10.4 Å². The zero-order valence-corrected chi connectivity index (χ0v) is 22.8. The minimum absolute atomic E-state index is 0.130. The number of fused-ring (bicyclic) bond motifs is 5. The summed E-state index contributed by atoms with van der Waals surface area (Å²) in [6.45, 7) is 3.75. The number of nitrogens with zero attached hydrogens (tertiary/aromatic N) is 4. The first-order chi connectivity index (χ1) is 19.4. The van der Waals surface area contributed by atoms with Crippen LogP contribution in [0.4, 0.5) is 23.2 Å². The molecule has 4 aliphatic rings. The van der Waals surface area contributed by atoms with Gasteiger partial charge in [-0.15, -0.1) is 0 Å². The summed E-state index contributed by atoms with van der Waals surface area (Å²) in [6.07, 6.45) is 8.07. The molecule has 1 aromatic rings. The minimum Gasteiger partial charge on any atom is -0.386 e. The molecule has 0 aromatic heterocycles. The van der Waals surface area contributed by atoms with Gasteiger partial charge in [-0.05, 0) is 86.0 Å². The van der Waals surface area contributed by atoms with Crippen molar-refractivity contribution in [2.45, 2.75) is 71.6 Å².